The number of hydrogen-bond acceptors (Lipinski definition) is 12. The average Bonchev–Trinajstić information content (AvgIpc) is 2.73. The smallest absolute Gasteiger partial charge is 0.366 e. The predicted molar refractivity (Wildman–Crippen MR) is 113 cm³/mol. The molecule has 1 heterocycles. The van der Waals surface area contributed by atoms with Crippen LogP contribution in [0.1, 0.15) is 41.0 Å². The number of methoxy groups -OCH3 is 1. The van der Waals surface area contributed by atoms with Crippen molar-refractivity contribution in [3.63, 3.8) is 0 Å². The van der Waals surface area contributed by atoms with Gasteiger partial charge in [0, 0.05) is 33.6 Å². The Morgan fingerprint density at radius 1 is 1.03 bits per heavy atom. The lowest BCUT2D eigenvalue weighted by atomic mass is 9.75. The van der Waals surface area contributed by atoms with Crippen molar-refractivity contribution in [2.45, 2.75) is 71.2 Å². The molecule has 34 heavy (non-hydrogen) atoms. The van der Waals surface area contributed by atoms with Gasteiger partial charge in [0.05, 0.1) is 13.0 Å². The van der Waals surface area contributed by atoms with Gasteiger partial charge >= 0.3 is 29.8 Å². The molecule has 0 aromatic carbocycles. The van der Waals surface area contributed by atoms with Crippen LogP contribution < -0.4 is 0 Å². The van der Waals surface area contributed by atoms with Crippen molar-refractivity contribution < 1.29 is 57.5 Å². The topological polar surface area (TPSA) is 161 Å². The summed E-state index contributed by atoms with van der Waals surface area (Å²) in [4.78, 5) is 59.5. The summed E-state index contributed by atoms with van der Waals surface area (Å²) in [7, 11) is 1.02. The maximum Gasteiger partial charge on any atom is 0.366 e. The molecule has 1 rings (SSSR count). The maximum atomic E-state index is 12.6. The number of esters is 5. The summed E-state index contributed by atoms with van der Waals surface area (Å²) in [5.41, 5.74) is 0. The zero-order chi connectivity index (χ0) is 26.2. The van der Waals surface area contributed by atoms with Crippen molar-refractivity contribution in [3.8, 4) is 0 Å². The monoisotopic (exact) mass is 488 g/mol. The molecule has 0 spiro atoms. The van der Waals surface area contributed by atoms with Crippen LogP contribution in [0.25, 0.3) is 0 Å². The minimum atomic E-state index is -2.65. The first-order chi connectivity index (χ1) is 15.8. The Balaban J connectivity index is 3.63. The van der Waals surface area contributed by atoms with Crippen molar-refractivity contribution in [2.75, 3.05) is 13.7 Å². The molecule has 1 aliphatic rings. The fraction of sp³-hybridized carbons (Fsp3) is 0.682. The van der Waals surface area contributed by atoms with Crippen molar-refractivity contribution in [2.24, 2.45) is 11.8 Å². The van der Waals surface area contributed by atoms with Crippen molar-refractivity contribution in [1.82, 2.24) is 0 Å². The van der Waals surface area contributed by atoms with Gasteiger partial charge in [-0.15, -0.1) is 6.58 Å². The van der Waals surface area contributed by atoms with E-state index in [0.29, 0.717) is 0 Å². The summed E-state index contributed by atoms with van der Waals surface area (Å²) in [5.74, 6) is -8.82. The highest BCUT2D eigenvalue weighted by Gasteiger charge is 2.61. The molecule has 0 aliphatic carbocycles. The largest absolute Gasteiger partial charge is 0.465 e. The number of aliphatic hydroxyl groups is 1. The Morgan fingerprint density at radius 3 is 2.06 bits per heavy atom. The highest BCUT2D eigenvalue weighted by Crippen LogP contribution is 2.43. The van der Waals surface area contributed by atoms with Gasteiger partial charge in [-0.25, -0.2) is 4.79 Å². The van der Waals surface area contributed by atoms with Crippen LogP contribution in [0.3, 0.4) is 0 Å². The van der Waals surface area contributed by atoms with Crippen LogP contribution in [0, 0.1) is 11.8 Å². The van der Waals surface area contributed by atoms with Crippen molar-refractivity contribution >= 4 is 29.8 Å². The van der Waals surface area contributed by atoms with Gasteiger partial charge in [0.15, 0.2) is 12.2 Å². The zero-order valence-electron chi connectivity index (χ0n) is 20.1. The molecule has 0 radical (unpaired) electrons. The molecular formula is C22H32O12. The molecule has 1 saturated heterocycles. The third kappa shape index (κ3) is 7.26. The van der Waals surface area contributed by atoms with Gasteiger partial charge in [0.25, 0.3) is 5.79 Å². The molecule has 7 atom stereocenters. The number of allylic oxidation sites excluding steroid dienone is 1. The summed E-state index contributed by atoms with van der Waals surface area (Å²) in [6, 6.07) is 0. The quantitative estimate of drug-likeness (QED) is 0.257. The van der Waals surface area contributed by atoms with E-state index in [-0.39, 0.29) is 6.42 Å². The Bertz CT molecular complexity index is 793. The second kappa shape index (κ2) is 12.5. The van der Waals surface area contributed by atoms with E-state index < -0.39 is 78.5 Å². The molecule has 0 aromatic rings. The molecule has 12 heteroatoms. The minimum absolute atomic E-state index is 0.0142. The number of carbonyl (C=O) groups is 5. The minimum Gasteiger partial charge on any atom is -0.465 e. The van der Waals surface area contributed by atoms with E-state index >= 15 is 0 Å². The van der Waals surface area contributed by atoms with E-state index in [2.05, 4.69) is 6.58 Å². The van der Waals surface area contributed by atoms with E-state index in [1.807, 2.05) is 0 Å². The van der Waals surface area contributed by atoms with E-state index in [1.54, 1.807) is 6.92 Å². The number of rotatable bonds is 10. The average molecular weight is 488 g/mol. The molecule has 0 amide bonds. The molecular weight excluding hydrogens is 456 g/mol. The van der Waals surface area contributed by atoms with Crippen LogP contribution in [0.4, 0.5) is 0 Å². The summed E-state index contributed by atoms with van der Waals surface area (Å²) in [6.45, 7) is 9.08. The Labute approximate surface area is 197 Å². The van der Waals surface area contributed by atoms with Crippen LogP contribution in [0.5, 0.6) is 0 Å². The van der Waals surface area contributed by atoms with Crippen molar-refractivity contribution in [3.05, 3.63) is 12.7 Å². The molecule has 12 nitrogen and oxygen atoms in total. The number of carbonyl (C=O) groups excluding carboxylic acids is 5. The van der Waals surface area contributed by atoms with Crippen LogP contribution in [-0.2, 0) is 52.4 Å². The number of ether oxygens (including phenoxy) is 6. The van der Waals surface area contributed by atoms with Gasteiger partial charge < -0.3 is 33.5 Å². The highest BCUT2D eigenvalue weighted by molar-refractivity contribution is 5.78. The van der Waals surface area contributed by atoms with Crippen LogP contribution in [-0.4, -0.2) is 78.9 Å². The molecule has 0 bridgehead atoms. The van der Waals surface area contributed by atoms with E-state index in [9.17, 15) is 29.1 Å². The Hall–Kier alpha value is -2.99. The number of hydrogen-bond donors (Lipinski definition) is 1. The van der Waals surface area contributed by atoms with E-state index in [4.69, 9.17) is 28.4 Å². The SMILES string of the molecule is C=CC[C@H]1[C@H](OC(C)=O)[C@@H](C)[C@H]([C@H](OC(C)=O)[C@@H](COC(C)=O)OC(C)=O)OC1(O)C(=O)OC. The zero-order valence-corrected chi connectivity index (χ0v) is 20.1. The summed E-state index contributed by atoms with van der Waals surface area (Å²) in [6.07, 6.45) is -3.98. The molecule has 0 aromatic heterocycles. The lowest BCUT2D eigenvalue weighted by Gasteiger charge is -2.50. The van der Waals surface area contributed by atoms with E-state index in [1.165, 1.54) is 6.08 Å². The summed E-state index contributed by atoms with van der Waals surface area (Å²) < 4.78 is 31.5. The van der Waals surface area contributed by atoms with Gasteiger partial charge in [-0.1, -0.05) is 13.0 Å². The Morgan fingerprint density at radius 2 is 1.62 bits per heavy atom. The normalized spacial score (nSPS) is 28.0. The van der Waals surface area contributed by atoms with Gasteiger partial charge in [-0.3, -0.25) is 19.2 Å². The van der Waals surface area contributed by atoms with Crippen LogP contribution in [0.2, 0.25) is 0 Å². The van der Waals surface area contributed by atoms with Gasteiger partial charge in [0.1, 0.15) is 18.8 Å². The first-order valence-corrected chi connectivity index (χ1v) is 10.5. The second-order valence-electron chi connectivity index (χ2n) is 7.86. The molecule has 1 fully saturated rings. The van der Waals surface area contributed by atoms with Crippen molar-refractivity contribution in [1.29, 1.82) is 0 Å². The standard InChI is InChI=1S/C22H32O12/c1-8-9-16-18(32-14(5)25)11(2)19(34-22(16,28)21(27)29-7)20(33-15(6)26)17(31-13(4)24)10-30-12(3)23/h8,11,16-20,28H,1,9-10H2,2-7H3/t11-,16+,17-,18-,19-,20-,22?/m1/s1. The highest BCUT2D eigenvalue weighted by atomic mass is 16.7. The van der Waals surface area contributed by atoms with Gasteiger partial charge in [0.2, 0.25) is 0 Å². The fourth-order valence-corrected chi connectivity index (χ4v) is 3.90. The van der Waals surface area contributed by atoms with Crippen LogP contribution in [0.15, 0.2) is 12.7 Å². The molecule has 1 unspecified atom stereocenters. The molecule has 1 N–H and O–H groups in total. The van der Waals surface area contributed by atoms with E-state index in [0.717, 1.165) is 34.8 Å². The lowest BCUT2D eigenvalue weighted by Crippen LogP contribution is -2.66. The van der Waals surface area contributed by atoms with Crippen LogP contribution >= 0.6 is 0 Å². The third-order valence-electron chi connectivity index (χ3n) is 5.21. The Kier molecular flexibility index (Phi) is 10.6. The first kappa shape index (κ1) is 29.0. The predicted octanol–water partition coefficient (Wildman–Crippen LogP) is 0.433. The summed E-state index contributed by atoms with van der Waals surface area (Å²) in [5, 5.41) is 11.3. The maximum absolute atomic E-state index is 12.6. The molecule has 1 aliphatic heterocycles. The van der Waals surface area contributed by atoms with Gasteiger partial charge in [-0.05, 0) is 6.42 Å². The molecule has 192 valence electrons. The second-order valence-corrected chi connectivity index (χ2v) is 7.86. The first-order valence-electron chi connectivity index (χ1n) is 10.5. The fourth-order valence-electron chi connectivity index (χ4n) is 3.90. The summed E-state index contributed by atoms with van der Waals surface area (Å²) >= 11 is 0. The lowest BCUT2D eigenvalue weighted by molar-refractivity contribution is -0.330. The third-order valence-corrected chi connectivity index (χ3v) is 5.21. The van der Waals surface area contributed by atoms with Gasteiger partial charge in [-0.2, -0.15) is 0 Å². The molecule has 0 saturated carbocycles.